The zero-order valence-electron chi connectivity index (χ0n) is 13.9. The van der Waals surface area contributed by atoms with Gasteiger partial charge in [0.25, 0.3) is 0 Å². The van der Waals surface area contributed by atoms with Gasteiger partial charge in [-0.15, -0.1) is 0 Å². The number of allylic oxidation sites excluding steroid dienone is 3. The van der Waals surface area contributed by atoms with Crippen LogP contribution in [0.2, 0.25) is 0 Å². The lowest BCUT2D eigenvalue weighted by atomic mass is 9.49. The number of aliphatic hydroxyl groups is 2. The molecular formula is C20H28O2. The smallest absolute Gasteiger partial charge is 0.0817 e. The van der Waals surface area contributed by atoms with Gasteiger partial charge in [-0.3, -0.25) is 0 Å². The molecule has 0 amide bonds. The molecule has 0 bridgehead atoms. The average Bonchev–Trinajstić information content (AvgIpc) is 2.77. The summed E-state index contributed by atoms with van der Waals surface area (Å²) in [7, 11) is 0. The van der Waals surface area contributed by atoms with Gasteiger partial charge in [-0.2, -0.15) is 0 Å². The van der Waals surface area contributed by atoms with E-state index in [1.165, 1.54) is 5.57 Å². The number of hydrogen-bond acceptors (Lipinski definition) is 2. The zero-order valence-corrected chi connectivity index (χ0v) is 13.9. The Balaban J connectivity index is 1.84. The van der Waals surface area contributed by atoms with E-state index in [1.54, 1.807) is 5.57 Å². The van der Waals surface area contributed by atoms with Crippen LogP contribution in [0, 0.1) is 28.6 Å². The highest BCUT2D eigenvalue weighted by Crippen LogP contribution is 2.62. The van der Waals surface area contributed by atoms with E-state index in [1.807, 2.05) is 12.2 Å². The average molecular weight is 300 g/mol. The molecule has 0 radical (unpaired) electrons. The molecule has 0 saturated heterocycles. The zero-order chi connectivity index (χ0) is 15.7. The van der Waals surface area contributed by atoms with E-state index in [4.69, 9.17) is 0 Å². The van der Waals surface area contributed by atoms with E-state index >= 15 is 0 Å². The summed E-state index contributed by atoms with van der Waals surface area (Å²) in [5, 5.41) is 20.5. The Hall–Kier alpha value is -0.860. The third-order valence-electron chi connectivity index (χ3n) is 7.36. The molecule has 4 rings (SSSR count). The number of rotatable bonds is 0. The first-order valence-electron chi connectivity index (χ1n) is 8.84. The van der Waals surface area contributed by atoms with Crippen LogP contribution in [0.15, 0.2) is 35.5 Å². The molecule has 1 unspecified atom stereocenters. The predicted octanol–water partition coefficient (Wildman–Crippen LogP) is 3.61. The second kappa shape index (κ2) is 4.58. The van der Waals surface area contributed by atoms with Crippen molar-refractivity contribution in [1.82, 2.24) is 0 Å². The summed E-state index contributed by atoms with van der Waals surface area (Å²) < 4.78 is 0. The maximum absolute atomic E-state index is 10.4. The van der Waals surface area contributed by atoms with Crippen LogP contribution in [-0.2, 0) is 0 Å². The van der Waals surface area contributed by atoms with Crippen LogP contribution in [0.5, 0.6) is 0 Å². The Morgan fingerprint density at radius 1 is 1.14 bits per heavy atom. The lowest BCUT2D eigenvalue weighted by molar-refractivity contribution is 0.0216. The Bertz CT molecular complexity index is 587. The molecule has 120 valence electrons. The molecular weight excluding hydrogens is 272 g/mol. The van der Waals surface area contributed by atoms with Gasteiger partial charge in [0, 0.05) is 5.41 Å². The van der Waals surface area contributed by atoms with Crippen molar-refractivity contribution in [2.75, 3.05) is 0 Å². The van der Waals surface area contributed by atoms with E-state index in [2.05, 4.69) is 32.9 Å². The van der Waals surface area contributed by atoms with E-state index in [9.17, 15) is 10.2 Å². The van der Waals surface area contributed by atoms with Crippen LogP contribution in [0.4, 0.5) is 0 Å². The number of aliphatic hydroxyl groups excluding tert-OH is 2. The molecule has 4 aliphatic rings. The highest BCUT2D eigenvalue weighted by Gasteiger charge is 2.54. The first-order chi connectivity index (χ1) is 10.4. The minimum absolute atomic E-state index is 0.0683. The molecule has 0 heterocycles. The Morgan fingerprint density at radius 2 is 1.91 bits per heavy atom. The highest BCUT2D eigenvalue weighted by atomic mass is 16.3. The molecule has 0 aromatic rings. The standard InChI is InChI=1S/C20H28O2/c1-12-10-13-11-14(21)6-8-19(13,2)16-7-9-20(3)15(18(12)16)4-5-17(20)22/h4-6,8,12-14,16-17,21-22H,7,9-11H2,1-3H3/t12-,13?,14-,16-,17-,19-,20-/m0/s1. The Kier molecular flexibility index (Phi) is 3.06. The summed E-state index contributed by atoms with van der Waals surface area (Å²) in [4.78, 5) is 0. The normalized spacial score (nSPS) is 53.2. The van der Waals surface area contributed by atoms with Gasteiger partial charge in [-0.25, -0.2) is 0 Å². The van der Waals surface area contributed by atoms with Crippen LogP contribution in [0.3, 0.4) is 0 Å². The molecule has 7 atom stereocenters. The Labute approximate surface area is 133 Å². The van der Waals surface area contributed by atoms with Crippen LogP contribution >= 0.6 is 0 Å². The van der Waals surface area contributed by atoms with E-state index in [-0.39, 0.29) is 23.0 Å². The van der Waals surface area contributed by atoms with Crippen LogP contribution in [0.25, 0.3) is 0 Å². The molecule has 4 aliphatic carbocycles. The monoisotopic (exact) mass is 300 g/mol. The van der Waals surface area contributed by atoms with Crippen LogP contribution in [0.1, 0.15) is 46.5 Å². The number of fused-ring (bicyclic) bond motifs is 4. The van der Waals surface area contributed by atoms with Gasteiger partial charge in [0.2, 0.25) is 0 Å². The van der Waals surface area contributed by atoms with Gasteiger partial charge in [0.05, 0.1) is 12.2 Å². The van der Waals surface area contributed by atoms with E-state index in [0.717, 1.165) is 25.7 Å². The van der Waals surface area contributed by atoms with Gasteiger partial charge in [-0.1, -0.05) is 50.6 Å². The van der Waals surface area contributed by atoms with Gasteiger partial charge < -0.3 is 10.2 Å². The summed E-state index contributed by atoms with van der Waals surface area (Å²) in [5.41, 5.74) is 3.13. The van der Waals surface area contributed by atoms with Crippen molar-refractivity contribution < 1.29 is 10.2 Å². The van der Waals surface area contributed by atoms with Crippen molar-refractivity contribution in [3.8, 4) is 0 Å². The quantitative estimate of drug-likeness (QED) is 0.671. The molecule has 2 heteroatoms. The Morgan fingerprint density at radius 3 is 2.68 bits per heavy atom. The molecule has 1 saturated carbocycles. The second-order valence-corrected chi connectivity index (χ2v) is 8.54. The largest absolute Gasteiger partial charge is 0.389 e. The van der Waals surface area contributed by atoms with Crippen molar-refractivity contribution in [2.45, 2.75) is 58.7 Å². The fraction of sp³-hybridized carbons (Fsp3) is 0.700. The van der Waals surface area contributed by atoms with Crippen molar-refractivity contribution >= 4 is 0 Å². The third-order valence-corrected chi connectivity index (χ3v) is 7.36. The summed E-state index contributed by atoms with van der Waals surface area (Å²) in [6, 6.07) is 0. The van der Waals surface area contributed by atoms with Crippen LogP contribution in [-0.4, -0.2) is 22.4 Å². The molecule has 0 spiro atoms. The molecule has 22 heavy (non-hydrogen) atoms. The van der Waals surface area contributed by atoms with Gasteiger partial charge >= 0.3 is 0 Å². The summed E-state index contributed by atoms with van der Waals surface area (Å²) >= 11 is 0. The topological polar surface area (TPSA) is 40.5 Å². The molecule has 0 aromatic heterocycles. The fourth-order valence-electron chi connectivity index (χ4n) is 5.88. The first kappa shape index (κ1) is 14.7. The summed E-state index contributed by atoms with van der Waals surface area (Å²) in [5.74, 6) is 1.71. The van der Waals surface area contributed by atoms with Gasteiger partial charge in [0.15, 0.2) is 0 Å². The van der Waals surface area contributed by atoms with E-state index < -0.39 is 0 Å². The molecule has 2 nitrogen and oxygen atoms in total. The predicted molar refractivity (Wildman–Crippen MR) is 88.1 cm³/mol. The van der Waals surface area contributed by atoms with Crippen molar-refractivity contribution in [2.24, 2.45) is 28.6 Å². The maximum Gasteiger partial charge on any atom is 0.0817 e. The molecule has 0 aromatic carbocycles. The first-order valence-corrected chi connectivity index (χ1v) is 8.84. The third kappa shape index (κ3) is 1.74. The van der Waals surface area contributed by atoms with Gasteiger partial charge in [0.1, 0.15) is 0 Å². The summed E-state index contributed by atoms with van der Waals surface area (Å²) in [6.07, 6.45) is 12.2. The van der Waals surface area contributed by atoms with Gasteiger partial charge in [-0.05, 0) is 54.4 Å². The van der Waals surface area contributed by atoms with E-state index in [0.29, 0.717) is 17.8 Å². The van der Waals surface area contributed by atoms with Crippen molar-refractivity contribution in [1.29, 1.82) is 0 Å². The highest BCUT2D eigenvalue weighted by molar-refractivity contribution is 5.46. The fourth-order valence-corrected chi connectivity index (χ4v) is 5.88. The lowest BCUT2D eigenvalue weighted by Gasteiger charge is -2.56. The minimum atomic E-state index is -0.322. The van der Waals surface area contributed by atoms with Crippen molar-refractivity contribution in [3.63, 3.8) is 0 Å². The molecule has 2 N–H and O–H groups in total. The molecule has 0 aliphatic heterocycles. The lowest BCUT2D eigenvalue weighted by Crippen LogP contribution is -2.48. The van der Waals surface area contributed by atoms with Crippen molar-refractivity contribution in [3.05, 3.63) is 35.5 Å². The summed E-state index contributed by atoms with van der Waals surface area (Å²) in [6.45, 7) is 6.98. The SMILES string of the molecule is C[C@H]1CC2C[C@@H](O)C=C[C@]2(C)[C@H]2CC[C@@]3(C)C(=C12)C=C[C@@H]3O. The maximum atomic E-state index is 10.4. The second-order valence-electron chi connectivity index (χ2n) is 8.54. The minimum Gasteiger partial charge on any atom is -0.389 e. The number of hydrogen-bond donors (Lipinski definition) is 2. The van der Waals surface area contributed by atoms with Crippen LogP contribution < -0.4 is 0 Å². The molecule has 1 fully saturated rings.